The van der Waals surface area contributed by atoms with E-state index >= 15 is 0 Å². The van der Waals surface area contributed by atoms with Gasteiger partial charge in [-0.3, -0.25) is 0 Å². The summed E-state index contributed by atoms with van der Waals surface area (Å²) in [7, 11) is 0. The van der Waals surface area contributed by atoms with Gasteiger partial charge in [0.25, 0.3) is 0 Å². The first-order valence-electron chi connectivity index (χ1n) is 6.14. The van der Waals surface area contributed by atoms with Crippen LogP contribution in [0, 0.1) is 5.92 Å². The third-order valence-corrected chi connectivity index (χ3v) is 3.70. The van der Waals surface area contributed by atoms with Gasteiger partial charge in [-0.1, -0.05) is 0 Å². The molecule has 0 radical (unpaired) electrons. The van der Waals surface area contributed by atoms with Crippen molar-refractivity contribution in [2.45, 2.75) is 25.3 Å². The highest BCUT2D eigenvalue weighted by Gasteiger charge is 2.32. The lowest BCUT2D eigenvalue weighted by Gasteiger charge is -2.39. The first-order valence-corrected chi connectivity index (χ1v) is 6.14. The summed E-state index contributed by atoms with van der Waals surface area (Å²) in [6.07, 6.45) is 5.67. The zero-order valence-corrected chi connectivity index (χ0v) is 10.3. The predicted octanol–water partition coefficient (Wildman–Crippen LogP) is 0.369. The molecule has 17 heavy (non-hydrogen) atoms. The second-order valence-corrected chi connectivity index (χ2v) is 5.02. The van der Waals surface area contributed by atoms with E-state index in [1.807, 2.05) is 13.0 Å². The van der Waals surface area contributed by atoms with Crippen LogP contribution < -0.4 is 16.4 Å². The van der Waals surface area contributed by atoms with Gasteiger partial charge in [0.2, 0.25) is 5.95 Å². The molecule has 2 heterocycles. The molecule has 0 spiro atoms. The van der Waals surface area contributed by atoms with Crippen LogP contribution in [0.1, 0.15) is 19.8 Å². The standard InChI is InChI=1S/C12H21N5/c1-12(14,9-13)10-3-7-17(8-4-10)11-15-5-2-6-16-11/h2,5-6,10H,3-4,7-9,13-14H2,1H3. The summed E-state index contributed by atoms with van der Waals surface area (Å²) in [5.41, 5.74) is 11.7. The molecule has 5 heteroatoms. The minimum Gasteiger partial charge on any atom is -0.341 e. The summed E-state index contributed by atoms with van der Waals surface area (Å²) in [4.78, 5) is 10.7. The van der Waals surface area contributed by atoms with Gasteiger partial charge in [-0.15, -0.1) is 0 Å². The predicted molar refractivity (Wildman–Crippen MR) is 68.6 cm³/mol. The fraction of sp³-hybridized carbons (Fsp3) is 0.667. The third kappa shape index (κ3) is 2.73. The highest BCUT2D eigenvalue weighted by Crippen LogP contribution is 2.27. The molecular formula is C12H21N5. The van der Waals surface area contributed by atoms with Gasteiger partial charge in [-0.25, -0.2) is 9.97 Å². The van der Waals surface area contributed by atoms with Crippen LogP contribution in [0.25, 0.3) is 0 Å². The molecule has 1 aliphatic rings. The Bertz CT molecular complexity index is 343. The van der Waals surface area contributed by atoms with Crippen molar-refractivity contribution in [3.8, 4) is 0 Å². The van der Waals surface area contributed by atoms with Gasteiger partial charge in [0.1, 0.15) is 0 Å². The van der Waals surface area contributed by atoms with E-state index in [2.05, 4.69) is 14.9 Å². The van der Waals surface area contributed by atoms with Crippen molar-refractivity contribution in [3.63, 3.8) is 0 Å². The molecule has 1 fully saturated rings. The SMILES string of the molecule is CC(N)(CN)C1CCN(c2ncccn2)CC1. The third-order valence-electron chi connectivity index (χ3n) is 3.70. The van der Waals surface area contributed by atoms with E-state index in [0.717, 1.165) is 31.9 Å². The Morgan fingerprint density at radius 2 is 1.94 bits per heavy atom. The Kier molecular flexibility index (Phi) is 3.59. The minimum absolute atomic E-state index is 0.246. The maximum Gasteiger partial charge on any atom is 0.225 e. The lowest BCUT2D eigenvalue weighted by Crippen LogP contribution is -2.54. The summed E-state index contributed by atoms with van der Waals surface area (Å²) >= 11 is 0. The topological polar surface area (TPSA) is 81.1 Å². The number of rotatable bonds is 3. The van der Waals surface area contributed by atoms with Crippen LogP contribution in [-0.4, -0.2) is 35.1 Å². The van der Waals surface area contributed by atoms with E-state index < -0.39 is 0 Å². The molecular weight excluding hydrogens is 214 g/mol. The van der Waals surface area contributed by atoms with E-state index in [1.165, 1.54) is 0 Å². The Labute approximate surface area is 102 Å². The van der Waals surface area contributed by atoms with Gasteiger partial charge >= 0.3 is 0 Å². The van der Waals surface area contributed by atoms with Crippen molar-refractivity contribution in [2.75, 3.05) is 24.5 Å². The second kappa shape index (κ2) is 4.98. The van der Waals surface area contributed by atoms with Crippen LogP contribution >= 0.6 is 0 Å². The van der Waals surface area contributed by atoms with Gasteiger partial charge in [-0.05, 0) is 31.7 Å². The van der Waals surface area contributed by atoms with Gasteiger partial charge in [0.15, 0.2) is 0 Å². The molecule has 1 unspecified atom stereocenters. The van der Waals surface area contributed by atoms with Crippen LogP contribution in [0.2, 0.25) is 0 Å². The van der Waals surface area contributed by atoms with Crippen molar-refractivity contribution < 1.29 is 0 Å². The summed E-state index contributed by atoms with van der Waals surface area (Å²) in [5.74, 6) is 1.31. The van der Waals surface area contributed by atoms with Crippen LogP contribution in [0.3, 0.4) is 0 Å². The Balaban J connectivity index is 1.95. The average Bonchev–Trinajstić information content (AvgIpc) is 2.40. The molecule has 1 aromatic heterocycles. The highest BCUT2D eigenvalue weighted by molar-refractivity contribution is 5.29. The zero-order valence-electron chi connectivity index (χ0n) is 10.3. The minimum atomic E-state index is -0.246. The lowest BCUT2D eigenvalue weighted by atomic mass is 9.80. The number of nitrogens with zero attached hydrogens (tertiary/aromatic N) is 3. The van der Waals surface area contributed by atoms with Crippen LogP contribution in [-0.2, 0) is 0 Å². The number of hydrogen-bond donors (Lipinski definition) is 2. The van der Waals surface area contributed by atoms with Crippen LogP contribution in [0.4, 0.5) is 5.95 Å². The van der Waals surface area contributed by atoms with Gasteiger partial charge < -0.3 is 16.4 Å². The summed E-state index contributed by atoms with van der Waals surface area (Å²) in [6, 6.07) is 1.83. The lowest BCUT2D eigenvalue weighted by molar-refractivity contribution is 0.251. The number of anilines is 1. The normalized spacial score (nSPS) is 21.2. The molecule has 1 saturated heterocycles. The largest absolute Gasteiger partial charge is 0.341 e. The van der Waals surface area contributed by atoms with Crippen molar-refractivity contribution >= 4 is 5.95 Å². The molecule has 2 rings (SSSR count). The maximum atomic E-state index is 6.20. The molecule has 0 aliphatic carbocycles. The first-order chi connectivity index (χ1) is 8.13. The molecule has 0 amide bonds. The van der Waals surface area contributed by atoms with E-state index in [9.17, 15) is 0 Å². The molecule has 1 aromatic rings. The molecule has 5 nitrogen and oxygen atoms in total. The number of nitrogens with two attached hydrogens (primary N) is 2. The van der Waals surface area contributed by atoms with Crippen LogP contribution in [0.15, 0.2) is 18.5 Å². The molecule has 1 aliphatic heterocycles. The molecule has 0 saturated carbocycles. The summed E-state index contributed by atoms with van der Waals surface area (Å²) in [6.45, 7) is 4.51. The van der Waals surface area contributed by atoms with Gasteiger partial charge in [0.05, 0.1) is 0 Å². The maximum absolute atomic E-state index is 6.20. The molecule has 4 N–H and O–H groups in total. The van der Waals surface area contributed by atoms with Crippen molar-refractivity contribution in [1.29, 1.82) is 0 Å². The first kappa shape index (κ1) is 12.3. The van der Waals surface area contributed by atoms with Crippen molar-refractivity contribution in [1.82, 2.24) is 9.97 Å². The fourth-order valence-electron chi connectivity index (χ4n) is 2.36. The van der Waals surface area contributed by atoms with E-state index in [0.29, 0.717) is 12.5 Å². The summed E-state index contributed by atoms with van der Waals surface area (Å²) in [5, 5.41) is 0. The highest BCUT2D eigenvalue weighted by atomic mass is 15.2. The van der Waals surface area contributed by atoms with Crippen molar-refractivity contribution in [2.24, 2.45) is 17.4 Å². The Morgan fingerprint density at radius 3 is 2.47 bits per heavy atom. The molecule has 94 valence electrons. The number of hydrogen-bond acceptors (Lipinski definition) is 5. The van der Waals surface area contributed by atoms with Gasteiger partial charge in [0, 0.05) is 37.6 Å². The Hall–Kier alpha value is -1.20. The zero-order chi connectivity index (χ0) is 12.3. The summed E-state index contributed by atoms with van der Waals surface area (Å²) < 4.78 is 0. The van der Waals surface area contributed by atoms with E-state index in [1.54, 1.807) is 12.4 Å². The number of piperidine rings is 1. The molecule has 1 atom stereocenters. The quantitative estimate of drug-likeness (QED) is 0.791. The molecule has 0 aromatic carbocycles. The molecule has 0 bridgehead atoms. The average molecular weight is 235 g/mol. The number of aromatic nitrogens is 2. The van der Waals surface area contributed by atoms with Crippen molar-refractivity contribution in [3.05, 3.63) is 18.5 Å². The monoisotopic (exact) mass is 235 g/mol. The van der Waals surface area contributed by atoms with E-state index in [-0.39, 0.29) is 5.54 Å². The van der Waals surface area contributed by atoms with E-state index in [4.69, 9.17) is 11.5 Å². The smallest absolute Gasteiger partial charge is 0.225 e. The van der Waals surface area contributed by atoms with Crippen LogP contribution in [0.5, 0.6) is 0 Å². The fourth-order valence-corrected chi connectivity index (χ4v) is 2.36. The van der Waals surface area contributed by atoms with Gasteiger partial charge in [-0.2, -0.15) is 0 Å². The Morgan fingerprint density at radius 1 is 1.35 bits per heavy atom. The second-order valence-electron chi connectivity index (χ2n) is 5.02.